The molecule has 2 amide bonds. The number of imide groups is 1. The summed E-state index contributed by atoms with van der Waals surface area (Å²) in [5, 5.41) is 3.53. The molecule has 1 saturated heterocycles. The van der Waals surface area contributed by atoms with Crippen LogP contribution in [0.1, 0.15) is 33.3 Å². The Hall–Kier alpha value is -3.06. The highest BCUT2D eigenvalue weighted by atomic mass is 16.6. The molecule has 1 aliphatic rings. The van der Waals surface area contributed by atoms with Crippen LogP contribution in [0.15, 0.2) is 35.4 Å². The number of esters is 1. The zero-order chi connectivity index (χ0) is 20.9. The first kappa shape index (κ1) is 21.2. The van der Waals surface area contributed by atoms with Gasteiger partial charge in [0.1, 0.15) is 19.3 Å². The maximum absolute atomic E-state index is 13.0. The molecule has 0 N–H and O–H groups in total. The largest absolute Gasteiger partial charge is 0.460 e. The summed E-state index contributed by atoms with van der Waals surface area (Å²) < 4.78 is 10.3. The maximum atomic E-state index is 13.0. The van der Waals surface area contributed by atoms with Crippen LogP contribution in [0.2, 0.25) is 0 Å². The lowest BCUT2D eigenvalue weighted by Crippen LogP contribution is -2.52. The number of carbonyl (C=O) groups is 3. The predicted octanol–water partition coefficient (Wildman–Crippen LogP) is 3.44. The van der Waals surface area contributed by atoms with Gasteiger partial charge in [0.25, 0.3) is 0 Å². The smallest absolute Gasteiger partial charge is 0.416 e. The van der Waals surface area contributed by atoms with Crippen LogP contribution in [0.25, 0.3) is 10.4 Å². The van der Waals surface area contributed by atoms with E-state index in [2.05, 4.69) is 10.0 Å². The molecule has 1 aromatic carbocycles. The molecule has 1 aromatic rings. The Kier molecular flexibility index (Phi) is 6.64. The van der Waals surface area contributed by atoms with Gasteiger partial charge in [0.05, 0.1) is 11.5 Å². The van der Waals surface area contributed by atoms with Gasteiger partial charge in [-0.3, -0.25) is 9.59 Å². The zero-order valence-electron chi connectivity index (χ0n) is 16.4. The second-order valence-corrected chi connectivity index (χ2v) is 7.49. The van der Waals surface area contributed by atoms with E-state index in [1.54, 1.807) is 12.1 Å². The molecule has 150 valence electrons. The molecule has 0 spiro atoms. The monoisotopic (exact) mass is 388 g/mol. The van der Waals surface area contributed by atoms with Gasteiger partial charge in [0, 0.05) is 4.91 Å². The van der Waals surface area contributed by atoms with E-state index in [0.717, 1.165) is 10.5 Å². The van der Waals surface area contributed by atoms with E-state index in [0.29, 0.717) is 0 Å². The summed E-state index contributed by atoms with van der Waals surface area (Å²) in [7, 11) is 0. The van der Waals surface area contributed by atoms with Crippen LogP contribution in [-0.2, 0) is 25.7 Å². The average Bonchev–Trinajstić information content (AvgIpc) is 3.06. The number of hydrogen-bond donors (Lipinski definition) is 0. The van der Waals surface area contributed by atoms with Crippen LogP contribution >= 0.6 is 0 Å². The molecular weight excluding hydrogens is 364 g/mol. The van der Waals surface area contributed by atoms with Gasteiger partial charge >= 0.3 is 12.1 Å². The summed E-state index contributed by atoms with van der Waals surface area (Å²) in [4.78, 5) is 41.4. The Bertz CT molecular complexity index is 787. The third kappa shape index (κ3) is 4.43. The first-order valence-electron chi connectivity index (χ1n) is 8.95. The third-order valence-corrected chi connectivity index (χ3v) is 4.74. The number of amides is 2. The van der Waals surface area contributed by atoms with Crippen LogP contribution in [0, 0.1) is 11.3 Å². The SMILES string of the molecule is CC(C)[C@H]1COC(=O)N1C(=O)[C@@H](N=[N+]=[N-])C(C)(C)C(=O)OCc1ccccc1. The molecule has 0 aliphatic carbocycles. The molecule has 9 nitrogen and oxygen atoms in total. The molecule has 2 atom stereocenters. The summed E-state index contributed by atoms with van der Waals surface area (Å²) >= 11 is 0. The standard InChI is InChI=1S/C19H24N4O5/c1-12(2)14-11-28-18(26)23(14)16(24)15(21-22-20)19(3,4)17(25)27-10-13-8-6-5-7-9-13/h5-9,12,14-15H,10-11H2,1-4H3/t14-,15-/m1/s1. The lowest BCUT2D eigenvalue weighted by Gasteiger charge is -2.32. The van der Waals surface area contributed by atoms with Crippen molar-refractivity contribution in [2.75, 3.05) is 6.61 Å². The highest BCUT2D eigenvalue weighted by Crippen LogP contribution is 2.31. The van der Waals surface area contributed by atoms with E-state index in [1.165, 1.54) is 13.8 Å². The van der Waals surface area contributed by atoms with E-state index >= 15 is 0 Å². The number of nitrogens with zero attached hydrogens (tertiary/aromatic N) is 4. The quantitative estimate of drug-likeness (QED) is 0.306. The van der Waals surface area contributed by atoms with Gasteiger partial charge in [-0.1, -0.05) is 49.3 Å². The van der Waals surface area contributed by atoms with Crippen molar-refractivity contribution < 1.29 is 23.9 Å². The second-order valence-electron chi connectivity index (χ2n) is 7.49. The van der Waals surface area contributed by atoms with Gasteiger partial charge in [0.2, 0.25) is 5.91 Å². The number of cyclic esters (lactones) is 1. The van der Waals surface area contributed by atoms with Crippen molar-refractivity contribution in [2.45, 2.75) is 46.4 Å². The number of hydrogen-bond acceptors (Lipinski definition) is 6. The zero-order valence-corrected chi connectivity index (χ0v) is 16.4. The lowest BCUT2D eigenvalue weighted by atomic mass is 9.83. The summed E-state index contributed by atoms with van der Waals surface area (Å²) in [6.45, 7) is 6.65. The minimum atomic E-state index is -1.48. The molecule has 2 rings (SSSR count). The topological polar surface area (TPSA) is 122 Å². The third-order valence-electron chi connectivity index (χ3n) is 4.74. The normalized spacial score (nSPS) is 17.7. The summed E-state index contributed by atoms with van der Waals surface area (Å²) in [5.41, 5.74) is 8.24. The van der Waals surface area contributed by atoms with Gasteiger partial charge in [0.15, 0.2) is 0 Å². The Labute approximate surface area is 163 Å². The van der Waals surface area contributed by atoms with E-state index in [-0.39, 0.29) is 19.1 Å². The maximum Gasteiger partial charge on any atom is 0.416 e. The average molecular weight is 388 g/mol. The van der Waals surface area contributed by atoms with E-state index < -0.39 is 35.5 Å². The van der Waals surface area contributed by atoms with Crippen molar-refractivity contribution in [3.05, 3.63) is 46.3 Å². The van der Waals surface area contributed by atoms with Gasteiger partial charge in [-0.25, -0.2) is 9.69 Å². The highest BCUT2D eigenvalue weighted by Gasteiger charge is 2.49. The first-order valence-corrected chi connectivity index (χ1v) is 8.95. The lowest BCUT2D eigenvalue weighted by molar-refractivity contribution is -0.159. The van der Waals surface area contributed by atoms with Crippen LogP contribution in [-0.4, -0.2) is 41.6 Å². The van der Waals surface area contributed by atoms with Crippen molar-refractivity contribution in [1.29, 1.82) is 0 Å². The predicted molar refractivity (Wildman–Crippen MR) is 99.8 cm³/mol. The van der Waals surface area contributed by atoms with Crippen molar-refractivity contribution in [3.8, 4) is 0 Å². The fourth-order valence-electron chi connectivity index (χ4n) is 2.89. The molecule has 0 aromatic heterocycles. The molecular formula is C19H24N4O5. The summed E-state index contributed by atoms with van der Waals surface area (Å²) in [5.74, 6) is -1.55. The number of azide groups is 1. The van der Waals surface area contributed by atoms with E-state index in [4.69, 9.17) is 15.0 Å². The summed E-state index contributed by atoms with van der Waals surface area (Å²) in [6, 6.07) is 7.11. The number of ether oxygens (including phenoxy) is 2. The van der Waals surface area contributed by atoms with E-state index in [9.17, 15) is 14.4 Å². The van der Waals surface area contributed by atoms with Crippen molar-refractivity contribution in [1.82, 2.24) is 4.90 Å². The molecule has 9 heteroatoms. The molecule has 28 heavy (non-hydrogen) atoms. The van der Waals surface area contributed by atoms with Gasteiger partial charge < -0.3 is 9.47 Å². The fourth-order valence-corrected chi connectivity index (χ4v) is 2.89. The first-order chi connectivity index (χ1) is 13.2. The second kappa shape index (κ2) is 8.75. The van der Waals surface area contributed by atoms with Gasteiger partial charge in [-0.2, -0.15) is 0 Å². The molecule has 0 unspecified atom stereocenters. The Morgan fingerprint density at radius 1 is 1.36 bits per heavy atom. The van der Waals surface area contributed by atoms with Crippen LogP contribution in [0.3, 0.4) is 0 Å². The number of benzene rings is 1. The number of rotatable bonds is 7. The van der Waals surface area contributed by atoms with Crippen LogP contribution in [0.4, 0.5) is 4.79 Å². The van der Waals surface area contributed by atoms with Gasteiger partial charge in [-0.05, 0) is 30.9 Å². The summed E-state index contributed by atoms with van der Waals surface area (Å²) in [6.07, 6.45) is -0.810. The van der Waals surface area contributed by atoms with Crippen molar-refractivity contribution in [2.24, 2.45) is 16.4 Å². The highest BCUT2D eigenvalue weighted by molar-refractivity contribution is 5.99. The van der Waals surface area contributed by atoms with Gasteiger partial charge in [-0.15, -0.1) is 0 Å². The van der Waals surface area contributed by atoms with E-state index in [1.807, 2.05) is 32.0 Å². The Morgan fingerprint density at radius 3 is 2.57 bits per heavy atom. The van der Waals surface area contributed by atoms with Crippen LogP contribution in [0.5, 0.6) is 0 Å². The molecule has 1 aliphatic heterocycles. The molecule has 0 bridgehead atoms. The molecule has 1 heterocycles. The van der Waals surface area contributed by atoms with Crippen LogP contribution < -0.4 is 0 Å². The molecule has 1 fully saturated rings. The number of carbonyl (C=O) groups excluding carboxylic acids is 3. The minimum absolute atomic E-state index is 0.0145. The Morgan fingerprint density at radius 2 is 2.00 bits per heavy atom. The molecule has 0 radical (unpaired) electrons. The Balaban J connectivity index is 2.22. The van der Waals surface area contributed by atoms with Crippen molar-refractivity contribution >= 4 is 18.0 Å². The minimum Gasteiger partial charge on any atom is -0.460 e. The fraction of sp³-hybridized carbons (Fsp3) is 0.526. The molecule has 0 saturated carbocycles. The van der Waals surface area contributed by atoms with Crippen molar-refractivity contribution in [3.63, 3.8) is 0 Å².